The maximum absolute atomic E-state index is 11.2. The van der Waals surface area contributed by atoms with Gasteiger partial charge < -0.3 is 5.32 Å². The van der Waals surface area contributed by atoms with E-state index in [1.807, 2.05) is 12.1 Å². The van der Waals surface area contributed by atoms with Gasteiger partial charge in [0.1, 0.15) is 0 Å². The zero-order valence-corrected chi connectivity index (χ0v) is 9.19. The van der Waals surface area contributed by atoms with Crippen molar-refractivity contribution in [2.24, 2.45) is 0 Å². The minimum atomic E-state index is -3.41. The largest absolute Gasteiger partial charge is 0.384 e. The van der Waals surface area contributed by atoms with Gasteiger partial charge in [-0.1, -0.05) is 0 Å². The molecular weight excluding hydrogens is 214 g/mol. The number of hydrogen-bond acceptors (Lipinski definition) is 3. The van der Waals surface area contributed by atoms with Gasteiger partial charge in [0.05, 0.1) is 5.69 Å². The molecule has 1 aliphatic heterocycles. The summed E-state index contributed by atoms with van der Waals surface area (Å²) in [5.41, 5.74) is 2.82. The zero-order valence-electron chi connectivity index (χ0n) is 8.37. The quantitative estimate of drug-likeness (QED) is 0.705. The average Bonchev–Trinajstić information content (AvgIpc) is 2.64. The molecule has 0 radical (unpaired) electrons. The first-order chi connectivity index (χ1) is 7.11. The van der Waals surface area contributed by atoms with E-state index in [0.717, 1.165) is 24.2 Å². The highest BCUT2D eigenvalue weighted by molar-refractivity contribution is 7.90. The lowest BCUT2D eigenvalue weighted by Crippen LogP contribution is -2.26. The van der Waals surface area contributed by atoms with E-state index < -0.39 is 10.2 Å². The molecule has 1 aliphatic rings. The van der Waals surface area contributed by atoms with E-state index in [1.54, 1.807) is 6.07 Å². The van der Waals surface area contributed by atoms with Crippen molar-refractivity contribution in [1.29, 1.82) is 0 Å². The molecule has 6 heteroatoms. The summed E-state index contributed by atoms with van der Waals surface area (Å²) in [4.78, 5) is 0. The van der Waals surface area contributed by atoms with Gasteiger partial charge in [0.25, 0.3) is 10.2 Å². The topological polar surface area (TPSA) is 70.2 Å². The van der Waals surface area contributed by atoms with Crippen LogP contribution in [0.2, 0.25) is 0 Å². The first kappa shape index (κ1) is 10.3. The van der Waals surface area contributed by atoms with Gasteiger partial charge in [0.2, 0.25) is 0 Å². The standard InChI is InChI=1S/C9H13N3O2S/c1-10-15(13,14)12-8-2-3-9-7(6-8)4-5-11-9/h2-3,6,10-12H,4-5H2,1H3. The minimum Gasteiger partial charge on any atom is -0.384 e. The van der Waals surface area contributed by atoms with Crippen LogP contribution >= 0.6 is 0 Å². The maximum Gasteiger partial charge on any atom is 0.298 e. The Kier molecular flexibility index (Phi) is 2.54. The predicted octanol–water partition coefficient (Wildman–Crippen LogP) is 0.531. The van der Waals surface area contributed by atoms with Crippen molar-refractivity contribution in [1.82, 2.24) is 4.72 Å². The van der Waals surface area contributed by atoms with Crippen molar-refractivity contribution in [2.45, 2.75) is 6.42 Å². The highest BCUT2D eigenvalue weighted by Crippen LogP contribution is 2.25. The van der Waals surface area contributed by atoms with Crippen molar-refractivity contribution in [3.05, 3.63) is 23.8 Å². The van der Waals surface area contributed by atoms with Crippen LogP contribution < -0.4 is 14.8 Å². The molecule has 2 rings (SSSR count). The normalized spacial score (nSPS) is 14.5. The van der Waals surface area contributed by atoms with Crippen LogP contribution in [0.15, 0.2) is 18.2 Å². The number of anilines is 2. The van der Waals surface area contributed by atoms with Crippen molar-refractivity contribution in [3.63, 3.8) is 0 Å². The summed E-state index contributed by atoms with van der Waals surface area (Å²) < 4.78 is 27.1. The molecule has 0 unspecified atom stereocenters. The maximum atomic E-state index is 11.2. The van der Waals surface area contributed by atoms with Gasteiger partial charge in [0, 0.05) is 19.3 Å². The van der Waals surface area contributed by atoms with E-state index >= 15 is 0 Å². The number of benzene rings is 1. The molecule has 15 heavy (non-hydrogen) atoms. The van der Waals surface area contributed by atoms with Crippen molar-refractivity contribution in [3.8, 4) is 0 Å². The summed E-state index contributed by atoms with van der Waals surface area (Å²) in [5.74, 6) is 0. The van der Waals surface area contributed by atoms with Crippen LogP contribution in [0.25, 0.3) is 0 Å². The van der Waals surface area contributed by atoms with E-state index in [9.17, 15) is 8.42 Å². The number of nitrogens with one attached hydrogen (secondary N) is 3. The van der Waals surface area contributed by atoms with Gasteiger partial charge >= 0.3 is 0 Å². The fraction of sp³-hybridized carbons (Fsp3) is 0.333. The van der Waals surface area contributed by atoms with E-state index in [-0.39, 0.29) is 0 Å². The number of rotatable bonds is 3. The molecule has 0 aromatic heterocycles. The van der Waals surface area contributed by atoms with Crippen LogP contribution in [-0.2, 0) is 16.6 Å². The summed E-state index contributed by atoms with van der Waals surface area (Å²) >= 11 is 0. The Balaban J connectivity index is 2.24. The summed E-state index contributed by atoms with van der Waals surface area (Å²) in [5, 5.41) is 3.21. The van der Waals surface area contributed by atoms with Gasteiger partial charge in [-0.2, -0.15) is 8.42 Å². The minimum absolute atomic E-state index is 0.590. The SMILES string of the molecule is CNS(=O)(=O)Nc1ccc2c(c1)CCN2. The summed E-state index contributed by atoms with van der Waals surface area (Å²) in [6, 6.07) is 5.48. The summed E-state index contributed by atoms with van der Waals surface area (Å²) in [6.45, 7) is 0.914. The van der Waals surface area contributed by atoms with Crippen LogP contribution in [0.5, 0.6) is 0 Å². The van der Waals surface area contributed by atoms with E-state index in [0.29, 0.717) is 5.69 Å². The van der Waals surface area contributed by atoms with Crippen LogP contribution in [0.1, 0.15) is 5.56 Å². The molecule has 3 N–H and O–H groups in total. The molecule has 0 spiro atoms. The van der Waals surface area contributed by atoms with Gasteiger partial charge in [-0.25, -0.2) is 4.72 Å². The third kappa shape index (κ3) is 2.21. The lowest BCUT2D eigenvalue weighted by molar-refractivity contribution is 0.593. The predicted molar refractivity (Wildman–Crippen MR) is 60.2 cm³/mol. The van der Waals surface area contributed by atoms with Gasteiger partial charge in [-0.15, -0.1) is 0 Å². The Bertz CT molecular complexity index is 470. The Labute approximate surface area is 89.1 Å². The molecule has 0 saturated heterocycles. The Hall–Kier alpha value is -1.27. The first-order valence-electron chi connectivity index (χ1n) is 4.69. The monoisotopic (exact) mass is 227 g/mol. The van der Waals surface area contributed by atoms with E-state index in [2.05, 4.69) is 14.8 Å². The molecule has 5 nitrogen and oxygen atoms in total. The number of fused-ring (bicyclic) bond motifs is 1. The molecule has 82 valence electrons. The molecule has 0 amide bonds. The average molecular weight is 227 g/mol. The van der Waals surface area contributed by atoms with Crippen molar-refractivity contribution < 1.29 is 8.42 Å². The van der Waals surface area contributed by atoms with Crippen LogP contribution in [0.3, 0.4) is 0 Å². The molecule has 0 aliphatic carbocycles. The second kappa shape index (κ2) is 3.71. The summed E-state index contributed by atoms with van der Waals surface area (Å²) in [6.07, 6.45) is 0.935. The Morgan fingerprint density at radius 1 is 1.40 bits per heavy atom. The summed E-state index contributed by atoms with van der Waals surface area (Å²) in [7, 11) is -2.04. The molecule has 1 aromatic carbocycles. The molecule has 0 saturated carbocycles. The first-order valence-corrected chi connectivity index (χ1v) is 6.17. The number of hydrogen-bond donors (Lipinski definition) is 3. The lowest BCUT2D eigenvalue weighted by Gasteiger charge is -2.07. The Morgan fingerprint density at radius 2 is 2.20 bits per heavy atom. The van der Waals surface area contributed by atoms with Gasteiger partial charge in [-0.3, -0.25) is 4.72 Å². The van der Waals surface area contributed by atoms with Crippen molar-refractivity contribution in [2.75, 3.05) is 23.6 Å². The fourth-order valence-corrected chi connectivity index (χ4v) is 2.11. The highest BCUT2D eigenvalue weighted by atomic mass is 32.2. The van der Waals surface area contributed by atoms with Crippen LogP contribution in [-0.4, -0.2) is 22.0 Å². The van der Waals surface area contributed by atoms with Crippen LogP contribution in [0, 0.1) is 0 Å². The molecule has 1 aromatic rings. The molecule has 0 bridgehead atoms. The second-order valence-corrected chi connectivity index (χ2v) is 4.98. The molecular formula is C9H13N3O2S. The molecule has 1 heterocycles. The van der Waals surface area contributed by atoms with E-state index in [4.69, 9.17) is 0 Å². The highest BCUT2D eigenvalue weighted by Gasteiger charge is 2.12. The van der Waals surface area contributed by atoms with Gasteiger partial charge in [0.15, 0.2) is 0 Å². The Morgan fingerprint density at radius 3 is 2.93 bits per heavy atom. The third-order valence-electron chi connectivity index (χ3n) is 2.34. The van der Waals surface area contributed by atoms with Crippen LogP contribution in [0.4, 0.5) is 11.4 Å². The molecule has 0 atom stereocenters. The molecule has 0 fully saturated rings. The fourth-order valence-electron chi connectivity index (χ4n) is 1.57. The van der Waals surface area contributed by atoms with Crippen molar-refractivity contribution >= 4 is 21.6 Å². The smallest absolute Gasteiger partial charge is 0.298 e. The van der Waals surface area contributed by atoms with Gasteiger partial charge in [-0.05, 0) is 30.2 Å². The van der Waals surface area contributed by atoms with E-state index in [1.165, 1.54) is 7.05 Å². The second-order valence-electron chi connectivity index (χ2n) is 3.36. The third-order valence-corrected chi connectivity index (χ3v) is 3.38. The lowest BCUT2D eigenvalue weighted by atomic mass is 10.1. The zero-order chi connectivity index (χ0) is 10.9.